The van der Waals surface area contributed by atoms with E-state index in [0.717, 1.165) is 22.2 Å². The van der Waals surface area contributed by atoms with Crippen molar-refractivity contribution < 1.29 is 9.53 Å². The number of hydrogen-bond donors (Lipinski definition) is 1. The van der Waals surface area contributed by atoms with E-state index < -0.39 is 0 Å². The summed E-state index contributed by atoms with van der Waals surface area (Å²) in [5.41, 5.74) is 6.63. The van der Waals surface area contributed by atoms with Gasteiger partial charge in [-0.2, -0.15) is 5.10 Å². The molecule has 0 saturated heterocycles. The number of carbonyl (C=O) groups excluding carboxylic acids is 1. The van der Waals surface area contributed by atoms with Gasteiger partial charge in [0.25, 0.3) is 5.91 Å². The van der Waals surface area contributed by atoms with Crippen LogP contribution in [0.25, 0.3) is 0 Å². The highest BCUT2D eigenvalue weighted by molar-refractivity contribution is 9.10. The fourth-order valence-electron chi connectivity index (χ4n) is 2.06. The van der Waals surface area contributed by atoms with Crippen molar-refractivity contribution in [2.75, 3.05) is 6.61 Å². The summed E-state index contributed by atoms with van der Waals surface area (Å²) in [6.07, 6.45) is 0.951. The van der Waals surface area contributed by atoms with E-state index in [0.29, 0.717) is 5.75 Å². The van der Waals surface area contributed by atoms with Gasteiger partial charge in [0, 0.05) is 0 Å². The van der Waals surface area contributed by atoms with Gasteiger partial charge >= 0.3 is 0 Å². The van der Waals surface area contributed by atoms with Crippen molar-refractivity contribution in [2.24, 2.45) is 5.10 Å². The third-order valence-electron chi connectivity index (χ3n) is 3.58. The van der Waals surface area contributed by atoms with Gasteiger partial charge < -0.3 is 4.74 Å². The van der Waals surface area contributed by atoms with E-state index in [9.17, 15) is 4.79 Å². The molecule has 4 nitrogen and oxygen atoms in total. The second kappa shape index (κ2) is 8.64. The molecule has 0 heterocycles. The van der Waals surface area contributed by atoms with Crippen molar-refractivity contribution >= 4 is 27.5 Å². The second-order valence-corrected chi connectivity index (χ2v) is 6.36. The number of hydrazone groups is 1. The minimum atomic E-state index is -0.298. The van der Waals surface area contributed by atoms with E-state index in [2.05, 4.69) is 33.4 Å². The maximum absolute atomic E-state index is 11.9. The third-order valence-corrected chi connectivity index (χ3v) is 4.20. The van der Waals surface area contributed by atoms with Crippen molar-refractivity contribution in [3.05, 3.63) is 63.6 Å². The zero-order valence-corrected chi connectivity index (χ0v) is 15.7. The van der Waals surface area contributed by atoms with Gasteiger partial charge in [0.1, 0.15) is 5.75 Å². The molecule has 126 valence electrons. The minimum absolute atomic E-state index is 0.0885. The summed E-state index contributed by atoms with van der Waals surface area (Å²) < 4.78 is 6.37. The molecule has 0 atom stereocenters. The van der Waals surface area contributed by atoms with Crippen LogP contribution >= 0.6 is 15.9 Å². The minimum Gasteiger partial charge on any atom is -0.483 e. The quantitative estimate of drug-likeness (QED) is 0.594. The first-order chi connectivity index (χ1) is 11.5. The lowest BCUT2D eigenvalue weighted by molar-refractivity contribution is -0.123. The summed E-state index contributed by atoms with van der Waals surface area (Å²) in [4.78, 5) is 11.9. The van der Waals surface area contributed by atoms with E-state index in [1.165, 1.54) is 11.1 Å². The van der Waals surface area contributed by atoms with Crippen LogP contribution < -0.4 is 10.2 Å². The van der Waals surface area contributed by atoms with E-state index >= 15 is 0 Å². The van der Waals surface area contributed by atoms with Crippen LogP contribution in [0.5, 0.6) is 5.75 Å². The standard InChI is InChI=1S/C19H21BrN2O2/c1-4-15-7-10-18(17(20)11-15)24-12-19(23)22-21-14(3)16-8-5-13(2)6-9-16/h5-11H,4,12H2,1-3H3,(H,22,23)/b21-14+. The predicted octanol–water partition coefficient (Wildman–Crippen LogP) is 4.24. The Hall–Kier alpha value is -2.14. The molecule has 0 fully saturated rings. The summed E-state index contributed by atoms with van der Waals surface area (Å²) in [5.74, 6) is 0.342. The largest absolute Gasteiger partial charge is 0.483 e. The Morgan fingerprint density at radius 1 is 1.21 bits per heavy atom. The summed E-state index contributed by atoms with van der Waals surface area (Å²) in [5, 5.41) is 4.11. The van der Waals surface area contributed by atoms with Crippen LogP contribution in [0.3, 0.4) is 0 Å². The Kier molecular flexibility index (Phi) is 6.55. The van der Waals surface area contributed by atoms with E-state index in [-0.39, 0.29) is 12.5 Å². The number of benzene rings is 2. The van der Waals surface area contributed by atoms with Crippen LogP contribution in [0.2, 0.25) is 0 Å². The summed E-state index contributed by atoms with van der Waals surface area (Å²) in [6.45, 7) is 5.88. The van der Waals surface area contributed by atoms with E-state index in [1.807, 2.05) is 56.3 Å². The van der Waals surface area contributed by atoms with Crippen molar-refractivity contribution in [1.82, 2.24) is 5.43 Å². The SMILES string of the molecule is CCc1ccc(OCC(=O)N/N=C(\C)c2ccc(C)cc2)c(Br)c1. The molecule has 0 bridgehead atoms. The highest BCUT2D eigenvalue weighted by Gasteiger charge is 2.06. The van der Waals surface area contributed by atoms with Crippen LogP contribution in [-0.4, -0.2) is 18.2 Å². The first-order valence-corrected chi connectivity index (χ1v) is 8.60. The average molecular weight is 389 g/mol. The lowest BCUT2D eigenvalue weighted by Gasteiger charge is -2.09. The molecular formula is C19H21BrN2O2. The number of aryl methyl sites for hydroxylation is 2. The van der Waals surface area contributed by atoms with Crippen LogP contribution in [0.4, 0.5) is 0 Å². The topological polar surface area (TPSA) is 50.7 Å². The lowest BCUT2D eigenvalue weighted by Crippen LogP contribution is -2.25. The van der Waals surface area contributed by atoms with Gasteiger partial charge in [-0.05, 0) is 59.5 Å². The zero-order valence-electron chi connectivity index (χ0n) is 14.1. The number of amides is 1. The molecule has 1 N–H and O–H groups in total. The number of carbonyl (C=O) groups is 1. The summed E-state index contributed by atoms with van der Waals surface area (Å²) in [6, 6.07) is 13.8. The molecule has 0 unspecified atom stereocenters. The normalized spacial score (nSPS) is 11.2. The highest BCUT2D eigenvalue weighted by atomic mass is 79.9. The Labute approximate surface area is 151 Å². The first-order valence-electron chi connectivity index (χ1n) is 7.81. The van der Waals surface area contributed by atoms with Gasteiger partial charge in [0.15, 0.2) is 6.61 Å². The fourth-order valence-corrected chi connectivity index (χ4v) is 2.60. The molecule has 5 heteroatoms. The van der Waals surface area contributed by atoms with Crippen molar-refractivity contribution in [2.45, 2.75) is 27.2 Å². The molecule has 24 heavy (non-hydrogen) atoms. The Morgan fingerprint density at radius 2 is 1.92 bits per heavy atom. The summed E-state index contributed by atoms with van der Waals surface area (Å²) >= 11 is 3.45. The Bertz CT molecular complexity index is 740. The maximum Gasteiger partial charge on any atom is 0.277 e. The number of ether oxygens (including phenoxy) is 1. The number of nitrogens with zero attached hydrogens (tertiary/aromatic N) is 1. The van der Waals surface area contributed by atoms with Gasteiger partial charge in [-0.25, -0.2) is 5.43 Å². The van der Waals surface area contributed by atoms with Gasteiger partial charge in [-0.3, -0.25) is 4.79 Å². The van der Waals surface area contributed by atoms with Crippen molar-refractivity contribution in [3.8, 4) is 5.75 Å². The van der Waals surface area contributed by atoms with E-state index in [4.69, 9.17) is 4.74 Å². The second-order valence-electron chi connectivity index (χ2n) is 5.51. The Balaban J connectivity index is 1.89. The molecule has 2 rings (SSSR count). The average Bonchev–Trinajstić information content (AvgIpc) is 2.59. The monoisotopic (exact) mass is 388 g/mol. The van der Waals surface area contributed by atoms with Crippen molar-refractivity contribution in [1.29, 1.82) is 0 Å². The fraction of sp³-hybridized carbons (Fsp3) is 0.263. The van der Waals surface area contributed by atoms with Gasteiger partial charge in [-0.15, -0.1) is 0 Å². The molecule has 0 radical (unpaired) electrons. The zero-order chi connectivity index (χ0) is 17.5. The smallest absolute Gasteiger partial charge is 0.277 e. The lowest BCUT2D eigenvalue weighted by atomic mass is 10.1. The molecule has 0 aliphatic heterocycles. The van der Waals surface area contributed by atoms with Gasteiger partial charge in [-0.1, -0.05) is 42.8 Å². The number of nitrogens with one attached hydrogen (secondary N) is 1. The summed E-state index contributed by atoms with van der Waals surface area (Å²) in [7, 11) is 0. The highest BCUT2D eigenvalue weighted by Crippen LogP contribution is 2.26. The van der Waals surface area contributed by atoms with E-state index in [1.54, 1.807) is 0 Å². The Morgan fingerprint density at radius 3 is 2.54 bits per heavy atom. The number of halogens is 1. The molecule has 0 saturated carbocycles. The van der Waals surface area contributed by atoms with Crippen LogP contribution in [0.15, 0.2) is 52.0 Å². The van der Waals surface area contributed by atoms with Crippen LogP contribution in [0.1, 0.15) is 30.5 Å². The molecular weight excluding hydrogens is 368 g/mol. The maximum atomic E-state index is 11.9. The van der Waals surface area contributed by atoms with Crippen LogP contribution in [-0.2, 0) is 11.2 Å². The molecule has 2 aromatic rings. The first kappa shape index (κ1) is 18.2. The predicted molar refractivity (Wildman–Crippen MR) is 101 cm³/mol. The van der Waals surface area contributed by atoms with Crippen molar-refractivity contribution in [3.63, 3.8) is 0 Å². The van der Waals surface area contributed by atoms with Crippen LogP contribution in [0, 0.1) is 6.92 Å². The third kappa shape index (κ3) is 5.20. The molecule has 2 aromatic carbocycles. The molecule has 0 aliphatic carbocycles. The molecule has 1 amide bonds. The molecule has 0 aliphatic rings. The number of rotatable bonds is 6. The molecule has 0 spiro atoms. The van der Waals surface area contributed by atoms with Gasteiger partial charge in [0.2, 0.25) is 0 Å². The number of hydrogen-bond acceptors (Lipinski definition) is 3. The molecule has 0 aromatic heterocycles. The van der Waals surface area contributed by atoms with Gasteiger partial charge in [0.05, 0.1) is 10.2 Å².